The van der Waals surface area contributed by atoms with Gasteiger partial charge in [0.15, 0.2) is 0 Å². The standard InChI is InChI=1S/C21H29NO3/c1-18-8-6-9-19(14-18)15-22(12-7-13-24-2)16-20(23)17-25-21-10-4-3-5-11-21/h3-6,8-11,14,20,23H,7,12-13,15-17H2,1-2H3. The first-order valence-corrected chi connectivity index (χ1v) is 8.80. The third-order valence-corrected chi connectivity index (χ3v) is 3.97. The average molecular weight is 343 g/mol. The predicted molar refractivity (Wildman–Crippen MR) is 101 cm³/mol. The highest BCUT2D eigenvalue weighted by atomic mass is 16.5. The third kappa shape index (κ3) is 7.69. The summed E-state index contributed by atoms with van der Waals surface area (Å²) < 4.78 is 10.8. The molecular formula is C21H29NO3. The zero-order chi connectivity index (χ0) is 17.9. The predicted octanol–water partition coefficient (Wildman–Crippen LogP) is 3.27. The molecule has 1 unspecified atom stereocenters. The molecule has 25 heavy (non-hydrogen) atoms. The molecule has 4 heteroatoms. The minimum Gasteiger partial charge on any atom is -0.491 e. The van der Waals surface area contributed by atoms with E-state index in [1.54, 1.807) is 7.11 Å². The number of ether oxygens (including phenoxy) is 2. The van der Waals surface area contributed by atoms with Gasteiger partial charge in [0.1, 0.15) is 18.5 Å². The van der Waals surface area contributed by atoms with Gasteiger partial charge in [0.2, 0.25) is 0 Å². The summed E-state index contributed by atoms with van der Waals surface area (Å²) in [4.78, 5) is 2.26. The van der Waals surface area contributed by atoms with Gasteiger partial charge in [-0.2, -0.15) is 0 Å². The number of nitrogens with zero attached hydrogens (tertiary/aromatic N) is 1. The monoisotopic (exact) mass is 343 g/mol. The van der Waals surface area contributed by atoms with Crippen LogP contribution in [0.4, 0.5) is 0 Å². The van der Waals surface area contributed by atoms with E-state index >= 15 is 0 Å². The fourth-order valence-electron chi connectivity index (χ4n) is 2.80. The van der Waals surface area contributed by atoms with Crippen LogP contribution in [0.2, 0.25) is 0 Å². The topological polar surface area (TPSA) is 41.9 Å². The van der Waals surface area contributed by atoms with Crippen LogP contribution < -0.4 is 4.74 Å². The number of aliphatic hydroxyl groups excluding tert-OH is 1. The molecule has 0 aliphatic heterocycles. The van der Waals surface area contributed by atoms with E-state index in [9.17, 15) is 5.11 Å². The molecule has 2 aromatic carbocycles. The molecular weight excluding hydrogens is 314 g/mol. The van der Waals surface area contributed by atoms with Crippen molar-refractivity contribution in [1.82, 2.24) is 4.90 Å². The van der Waals surface area contributed by atoms with Crippen molar-refractivity contribution in [3.63, 3.8) is 0 Å². The largest absolute Gasteiger partial charge is 0.491 e. The van der Waals surface area contributed by atoms with Crippen molar-refractivity contribution in [3.8, 4) is 5.75 Å². The number of hydrogen-bond donors (Lipinski definition) is 1. The average Bonchev–Trinajstić information content (AvgIpc) is 2.61. The maximum atomic E-state index is 10.4. The first kappa shape index (κ1) is 19.4. The minimum atomic E-state index is -0.535. The second kappa shape index (κ2) is 10.9. The smallest absolute Gasteiger partial charge is 0.119 e. The molecule has 1 N–H and O–H groups in total. The molecule has 4 nitrogen and oxygen atoms in total. The van der Waals surface area contributed by atoms with Gasteiger partial charge in [0.05, 0.1) is 0 Å². The first-order chi connectivity index (χ1) is 12.2. The Morgan fingerprint density at radius 3 is 2.60 bits per heavy atom. The van der Waals surface area contributed by atoms with Crippen molar-refractivity contribution in [1.29, 1.82) is 0 Å². The van der Waals surface area contributed by atoms with Crippen LogP contribution in [0.3, 0.4) is 0 Å². The Labute approximate surface area is 151 Å². The Bertz CT molecular complexity index is 603. The van der Waals surface area contributed by atoms with Gasteiger partial charge < -0.3 is 14.6 Å². The van der Waals surface area contributed by atoms with Gasteiger partial charge in [-0.15, -0.1) is 0 Å². The maximum absolute atomic E-state index is 10.4. The highest BCUT2D eigenvalue weighted by molar-refractivity contribution is 5.22. The van der Waals surface area contributed by atoms with Gasteiger partial charge >= 0.3 is 0 Å². The second-order valence-electron chi connectivity index (χ2n) is 6.35. The van der Waals surface area contributed by atoms with Gasteiger partial charge in [0.25, 0.3) is 0 Å². The van der Waals surface area contributed by atoms with Crippen molar-refractivity contribution in [2.75, 3.05) is 33.4 Å². The van der Waals surface area contributed by atoms with Gasteiger partial charge in [-0.25, -0.2) is 0 Å². The lowest BCUT2D eigenvalue weighted by Gasteiger charge is -2.25. The lowest BCUT2D eigenvalue weighted by atomic mass is 10.1. The molecule has 1 atom stereocenters. The van der Waals surface area contributed by atoms with Crippen LogP contribution in [-0.2, 0) is 11.3 Å². The van der Waals surface area contributed by atoms with Crippen molar-refractivity contribution in [2.45, 2.75) is 26.0 Å². The molecule has 2 rings (SSSR count). The van der Waals surface area contributed by atoms with E-state index in [4.69, 9.17) is 9.47 Å². The normalized spacial score (nSPS) is 12.3. The molecule has 0 amide bonds. The lowest BCUT2D eigenvalue weighted by molar-refractivity contribution is 0.0617. The van der Waals surface area contributed by atoms with Crippen LogP contribution in [0.5, 0.6) is 5.75 Å². The third-order valence-electron chi connectivity index (χ3n) is 3.97. The summed E-state index contributed by atoms with van der Waals surface area (Å²) in [6, 6.07) is 18.1. The summed E-state index contributed by atoms with van der Waals surface area (Å²) in [6.45, 7) is 5.38. The summed E-state index contributed by atoms with van der Waals surface area (Å²) in [7, 11) is 1.72. The molecule has 0 fully saturated rings. The van der Waals surface area contributed by atoms with Crippen LogP contribution in [0.15, 0.2) is 54.6 Å². The number of aryl methyl sites for hydroxylation is 1. The number of para-hydroxylation sites is 1. The van der Waals surface area contributed by atoms with Crippen molar-refractivity contribution >= 4 is 0 Å². The number of methoxy groups -OCH3 is 1. The van der Waals surface area contributed by atoms with E-state index in [0.717, 1.165) is 31.9 Å². The van der Waals surface area contributed by atoms with Crippen LogP contribution in [0.1, 0.15) is 17.5 Å². The van der Waals surface area contributed by atoms with Crippen LogP contribution in [0, 0.1) is 6.92 Å². The fraction of sp³-hybridized carbons (Fsp3) is 0.429. The highest BCUT2D eigenvalue weighted by Crippen LogP contribution is 2.11. The van der Waals surface area contributed by atoms with Crippen LogP contribution >= 0.6 is 0 Å². The molecule has 0 saturated heterocycles. The SMILES string of the molecule is COCCCN(Cc1cccc(C)c1)CC(O)COc1ccccc1. The zero-order valence-electron chi connectivity index (χ0n) is 15.2. The van der Waals surface area contributed by atoms with E-state index in [1.165, 1.54) is 11.1 Å². The van der Waals surface area contributed by atoms with Crippen molar-refractivity contribution in [3.05, 3.63) is 65.7 Å². The van der Waals surface area contributed by atoms with Crippen molar-refractivity contribution in [2.24, 2.45) is 0 Å². The van der Waals surface area contributed by atoms with Gasteiger partial charge in [0, 0.05) is 33.4 Å². The van der Waals surface area contributed by atoms with E-state index < -0.39 is 6.10 Å². The Morgan fingerprint density at radius 1 is 1.08 bits per heavy atom. The zero-order valence-corrected chi connectivity index (χ0v) is 15.2. The lowest BCUT2D eigenvalue weighted by Crippen LogP contribution is -2.36. The van der Waals surface area contributed by atoms with E-state index in [2.05, 4.69) is 36.1 Å². The molecule has 0 aliphatic rings. The van der Waals surface area contributed by atoms with E-state index in [-0.39, 0.29) is 0 Å². The van der Waals surface area contributed by atoms with Gasteiger partial charge in [-0.05, 0) is 31.0 Å². The summed E-state index contributed by atoms with van der Waals surface area (Å²) in [5.41, 5.74) is 2.51. The summed E-state index contributed by atoms with van der Waals surface area (Å²) in [5.74, 6) is 0.783. The summed E-state index contributed by atoms with van der Waals surface area (Å²) in [6.07, 6.45) is 0.404. The quantitative estimate of drug-likeness (QED) is 0.636. The van der Waals surface area contributed by atoms with E-state index in [0.29, 0.717) is 13.2 Å². The molecule has 0 saturated carbocycles. The Morgan fingerprint density at radius 2 is 1.88 bits per heavy atom. The fourth-order valence-corrected chi connectivity index (χ4v) is 2.80. The molecule has 0 radical (unpaired) electrons. The van der Waals surface area contributed by atoms with Gasteiger partial charge in [-0.3, -0.25) is 4.90 Å². The molecule has 0 aliphatic carbocycles. The Kier molecular flexibility index (Phi) is 8.46. The Balaban J connectivity index is 1.87. The number of hydrogen-bond acceptors (Lipinski definition) is 4. The molecule has 0 bridgehead atoms. The number of benzene rings is 2. The van der Waals surface area contributed by atoms with E-state index in [1.807, 2.05) is 30.3 Å². The first-order valence-electron chi connectivity index (χ1n) is 8.80. The number of aliphatic hydroxyl groups is 1. The van der Waals surface area contributed by atoms with Crippen LogP contribution in [0.25, 0.3) is 0 Å². The molecule has 0 spiro atoms. The van der Waals surface area contributed by atoms with Crippen molar-refractivity contribution < 1.29 is 14.6 Å². The maximum Gasteiger partial charge on any atom is 0.119 e. The van der Waals surface area contributed by atoms with Gasteiger partial charge in [-0.1, -0.05) is 48.0 Å². The Hall–Kier alpha value is -1.88. The second-order valence-corrected chi connectivity index (χ2v) is 6.35. The highest BCUT2D eigenvalue weighted by Gasteiger charge is 2.13. The molecule has 2 aromatic rings. The van der Waals surface area contributed by atoms with Crippen LogP contribution in [-0.4, -0.2) is 49.5 Å². The summed E-state index contributed by atoms with van der Waals surface area (Å²) in [5, 5.41) is 10.4. The molecule has 0 aromatic heterocycles. The summed E-state index contributed by atoms with van der Waals surface area (Å²) >= 11 is 0. The number of rotatable bonds is 11. The minimum absolute atomic E-state index is 0.290. The molecule has 0 heterocycles. The molecule has 136 valence electrons.